The topological polar surface area (TPSA) is 89.5 Å². The molecule has 1 amide bonds. The van der Waals surface area contributed by atoms with Crippen LogP contribution in [0.5, 0.6) is 5.88 Å². The predicted molar refractivity (Wildman–Crippen MR) is 104 cm³/mol. The van der Waals surface area contributed by atoms with Crippen molar-refractivity contribution in [3.8, 4) is 5.88 Å². The van der Waals surface area contributed by atoms with Crippen LogP contribution in [0, 0.1) is 0 Å². The number of hydrogen-bond donors (Lipinski definition) is 0. The number of alkyl halides is 2. The van der Waals surface area contributed by atoms with E-state index in [0.29, 0.717) is 24.4 Å². The van der Waals surface area contributed by atoms with E-state index in [0.717, 1.165) is 11.6 Å². The van der Waals surface area contributed by atoms with Crippen LogP contribution in [0.2, 0.25) is 0 Å². The Kier molecular flexibility index (Phi) is 5.33. The Bertz CT molecular complexity index is 1200. The maximum Gasteiger partial charge on any atom is 0.341 e. The number of nitrogens with zero attached hydrogens (tertiary/aromatic N) is 3. The number of carbonyl (C=O) groups is 1. The Hall–Kier alpha value is -3.14. The van der Waals surface area contributed by atoms with Gasteiger partial charge in [0.25, 0.3) is 5.91 Å². The van der Waals surface area contributed by atoms with Gasteiger partial charge in [-0.15, -0.1) is 0 Å². The molecule has 4 rings (SSSR count). The molecule has 2 aromatic carbocycles. The standard InChI is InChI=1S/C20H17F2N3O4S/c21-20(22)30(27,28)17-8-4-1-5-14(17)19(26)25-10-9-13(12-25)29-18-11-23-15-6-2-3-7-16(15)24-18/h1-8,11,13,20H,9-10,12H2. The lowest BCUT2D eigenvalue weighted by molar-refractivity contribution is 0.0767. The zero-order valence-electron chi connectivity index (χ0n) is 15.6. The van der Waals surface area contributed by atoms with E-state index in [2.05, 4.69) is 9.97 Å². The summed E-state index contributed by atoms with van der Waals surface area (Å²) in [5, 5.41) is 0. The fraction of sp³-hybridized carbons (Fsp3) is 0.250. The summed E-state index contributed by atoms with van der Waals surface area (Å²) in [5.74, 6) is -3.92. The van der Waals surface area contributed by atoms with Gasteiger partial charge in [0.2, 0.25) is 15.7 Å². The second kappa shape index (κ2) is 7.94. The maximum atomic E-state index is 13.0. The highest BCUT2D eigenvalue weighted by molar-refractivity contribution is 7.91. The summed E-state index contributed by atoms with van der Waals surface area (Å²) in [5.41, 5.74) is 1.13. The third kappa shape index (κ3) is 3.82. The molecule has 0 spiro atoms. The van der Waals surface area contributed by atoms with Gasteiger partial charge in [-0.2, -0.15) is 8.78 Å². The Morgan fingerprint density at radius 2 is 1.80 bits per heavy atom. The van der Waals surface area contributed by atoms with Gasteiger partial charge in [-0.25, -0.2) is 18.4 Å². The van der Waals surface area contributed by atoms with Crippen LogP contribution in [0.25, 0.3) is 11.0 Å². The summed E-state index contributed by atoms with van der Waals surface area (Å²) in [4.78, 5) is 22.2. The van der Waals surface area contributed by atoms with E-state index in [4.69, 9.17) is 4.74 Å². The highest BCUT2D eigenvalue weighted by atomic mass is 32.2. The van der Waals surface area contributed by atoms with E-state index >= 15 is 0 Å². The SMILES string of the molecule is O=C(c1ccccc1S(=O)(=O)C(F)F)N1CCC(Oc2cnc3ccccc3n2)C1. The lowest BCUT2D eigenvalue weighted by atomic mass is 10.2. The number of ether oxygens (including phenoxy) is 1. The number of sulfone groups is 1. The van der Waals surface area contributed by atoms with Crippen molar-refractivity contribution in [2.45, 2.75) is 23.2 Å². The number of carbonyl (C=O) groups excluding carboxylic acids is 1. The lowest BCUT2D eigenvalue weighted by Crippen LogP contribution is -2.32. The van der Waals surface area contributed by atoms with Crippen molar-refractivity contribution < 1.29 is 26.7 Å². The number of amides is 1. The van der Waals surface area contributed by atoms with Gasteiger partial charge in [0, 0.05) is 13.0 Å². The van der Waals surface area contributed by atoms with Gasteiger partial charge < -0.3 is 9.64 Å². The summed E-state index contributed by atoms with van der Waals surface area (Å²) in [6.07, 6.45) is 1.62. The van der Waals surface area contributed by atoms with Crippen molar-refractivity contribution in [3.05, 3.63) is 60.3 Å². The van der Waals surface area contributed by atoms with Crippen LogP contribution in [0.3, 0.4) is 0 Å². The lowest BCUT2D eigenvalue weighted by Gasteiger charge is -2.18. The van der Waals surface area contributed by atoms with Gasteiger partial charge in [0.1, 0.15) is 6.10 Å². The third-order valence-corrected chi connectivity index (χ3v) is 6.24. The first kappa shape index (κ1) is 20.1. The van der Waals surface area contributed by atoms with Crippen molar-refractivity contribution in [3.63, 3.8) is 0 Å². The predicted octanol–water partition coefficient (Wildman–Crippen LogP) is 2.92. The Morgan fingerprint density at radius 1 is 1.10 bits per heavy atom. The van der Waals surface area contributed by atoms with E-state index in [-0.39, 0.29) is 18.2 Å². The minimum atomic E-state index is -4.90. The van der Waals surface area contributed by atoms with Gasteiger partial charge in [0.05, 0.1) is 34.2 Å². The fourth-order valence-electron chi connectivity index (χ4n) is 3.33. The van der Waals surface area contributed by atoms with E-state index in [1.165, 1.54) is 29.3 Å². The second-order valence-corrected chi connectivity index (χ2v) is 8.66. The molecule has 2 heterocycles. The Balaban J connectivity index is 1.50. The molecule has 7 nitrogen and oxygen atoms in total. The van der Waals surface area contributed by atoms with Crippen molar-refractivity contribution in [1.29, 1.82) is 0 Å². The minimum Gasteiger partial charge on any atom is -0.471 e. The third-order valence-electron chi connectivity index (χ3n) is 4.80. The molecule has 0 aliphatic carbocycles. The van der Waals surface area contributed by atoms with Crippen molar-refractivity contribution in [2.24, 2.45) is 0 Å². The van der Waals surface area contributed by atoms with Crippen LogP contribution in [-0.2, 0) is 9.84 Å². The molecule has 156 valence electrons. The number of halogens is 2. The van der Waals surface area contributed by atoms with E-state index in [1.807, 2.05) is 18.2 Å². The smallest absolute Gasteiger partial charge is 0.341 e. The van der Waals surface area contributed by atoms with Crippen molar-refractivity contribution in [1.82, 2.24) is 14.9 Å². The summed E-state index contributed by atoms with van der Waals surface area (Å²) < 4.78 is 55.7. The van der Waals surface area contributed by atoms with Gasteiger partial charge in [-0.3, -0.25) is 4.79 Å². The zero-order chi connectivity index (χ0) is 21.3. The summed E-state index contributed by atoms with van der Waals surface area (Å²) >= 11 is 0. The van der Waals surface area contributed by atoms with Gasteiger partial charge in [-0.05, 0) is 24.3 Å². The molecule has 1 fully saturated rings. The monoisotopic (exact) mass is 433 g/mol. The van der Waals surface area contributed by atoms with Crippen molar-refractivity contribution >= 4 is 26.8 Å². The Morgan fingerprint density at radius 3 is 2.57 bits per heavy atom. The molecule has 1 unspecified atom stereocenters. The van der Waals surface area contributed by atoms with Gasteiger partial charge in [-0.1, -0.05) is 24.3 Å². The molecule has 3 aromatic rings. The van der Waals surface area contributed by atoms with Crippen LogP contribution < -0.4 is 4.74 Å². The maximum absolute atomic E-state index is 13.0. The molecule has 1 aliphatic rings. The van der Waals surface area contributed by atoms with Gasteiger partial charge >= 0.3 is 5.76 Å². The highest BCUT2D eigenvalue weighted by Crippen LogP contribution is 2.25. The van der Waals surface area contributed by atoms with E-state index in [1.54, 1.807) is 6.07 Å². The average Bonchev–Trinajstić information content (AvgIpc) is 3.21. The molecular weight excluding hydrogens is 416 g/mol. The largest absolute Gasteiger partial charge is 0.471 e. The zero-order valence-corrected chi connectivity index (χ0v) is 16.4. The summed E-state index contributed by atoms with van der Waals surface area (Å²) in [7, 11) is -4.90. The molecule has 0 bridgehead atoms. The van der Waals surface area contributed by atoms with Crippen LogP contribution in [0.4, 0.5) is 8.78 Å². The highest BCUT2D eigenvalue weighted by Gasteiger charge is 2.34. The number of likely N-dealkylation sites (tertiary alicyclic amines) is 1. The molecule has 0 N–H and O–H groups in total. The second-order valence-electron chi connectivity index (χ2n) is 6.78. The molecule has 1 saturated heterocycles. The van der Waals surface area contributed by atoms with Crippen LogP contribution >= 0.6 is 0 Å². The number of aromatic nitrogens is 2. The molecule has 1 atom stereocenters. The Labute approximate surface area is 171 Å². The summed E-state index contributed by atoms with van der Waals surface area (Å²) in [6.45, 7) is 0.476. The first-order chi connectivity index (χ1) is 14.4. The number of benzene rings is 2. The molecule has 10 heteroatoms. The van der Waals surface area contributed by atoms with Crippen molar-refractivity contribution in [2.75, 3.05) is 13.1 Å². The van der Waals surface area contributed by atoms with Crippen LogP contribution in [0.1, 0.15) is 16.8 Å². The molecule has 0 saturated carbocycles. The quantitative estimate of drug-likeness (QED) is 0.615. The molecule has 30 heavy (non-hydrogen) atoms. The normalized spacial score (nSPS) is 16.9. The first-order valence-corrected chi connectivity index (χ1v) is 10.7. The average molecular weight is 433 g/mol. The van der Waals surface area contributed by atoms with Gasteiger partial charge in [0.15, 0.2) is 0 Å². The van der Waals surface area contributed by atoms with Crippen LogP contribution in [0.15, 0.2) is 59.6 Å². The molecule has 1 aromatic heterocycles. The molecule has 1 aliphatic heterocycles. The molecule has 0 radical (unpaired) electrons. The minimum absolute atomic E-state index is 0.177. The number of hydrogen-bond acceptors (Lipinski definition) is 6. The van der Waals surface area contributed by atoms with E-state index < -0.39 is 26.4 Å². The fourth-order valence-corrected chi connectivity index (χ4v) is 4.26. The summed E-state index contributed by atoms with van der Waals surface area (Å²) in [6, 6.07) is 12.3. The number of fused-ring (bicyclic) bond motifs is 1. The first-order valence-electron chi connectivity index (χ1n) is 9.15. The van der Waals surface area contributed by atoms with E-state index in [9.17, 15) is 22.0 Å². The van der Waals surface area contributed by atoms with Crippen LogP contribution in [-0.4, -0.2) is 54.1 Å². The number of para-hydroxylation sites is 2. The number of rotatable bonds is 5. The molecular formula is C20H17F2N3O4S.